The van der Waals surface area contributed by atoms with Crippen molar-refractivity contribution in [1.82, 2.24) is 0 Å². The van der Waals surface area contributed by atoms with Crippen LogP contribution in [0.25, 0.3) is 0 Å². The van der Waals surface area contributed by atoms with E-state index in [0.29, 0.717) is 11.4 Å². The highest BCUT2D eigenvalue weighted by Crippen LogP contribution is 2.17. The smallest absolute Gasteiger partial charge is 0.387 e. The summed E-state index contributed by atoms with van der Waals surface area (Å²) in [6.45, 7) is -1.32. The molecule has 27 heavy (non-hydrogen) atoms. The molecule has 0 bridgehead atoms. The molecule has 0 spiro atoms. The Balaban J connectivity index is 1.65. The van der Waals surface area contributed by atoms with Gasteiger partial charge >= 0.3 is 12.6 Å². The van der Waals surface area contributed by atoms with Gasteiger partial charge in [-0.05, 0) is 36.8 Å². The number of rotatable bonds is 9. The fourth-order valence-corrected chi connectivity index (χ4v) is 2.82. The van der Waals surface area contributed by atoms with Crippen LogP contribution in [0, 0.1) is 6.92 Å². The number of nitrogens with one attached hydrogen (secondary N) is 1. The van der Waals surface area contributed by atoms with Crippen LogP contribution in [0.3, 0.4) is 0 Å². The van der Waals surface area contributed by atoms with E-state index in [4.69, 9.17) is 4.74 Å². The largest absolute Gasteiger partial charge is 0.455 e. The second-order valence-electron chi connectivity index (χ2n) is 5.59. The second kappa shape index (κ2) is 10.5. The predicted molar refractivity (Wildman–Crippen MR) is 100 cm³/mol. The lowest BCUT2D eigenvalue weighted by atomic mass is 10.2. The molecule has 1 N–H and O–H groups in total. The molecule has 8 heteroatoms. The zero-order chi connectivity index (χ0) is 19.6. The number of amides is 1. The third-order valence-corrected chi connectivity index (χ3v) is 4.31. The highest BCUT2D eigenvalue weighted by Gasteiger charge is 2.09. The van der Waals surface area contributed by atoms with Crippen molar-refractivity contribution in [2.75, 3.05) is 17.7 Å². The number of ether oxygens (including phenoxy) is 2. The number of thioether (sulfide) groups is 1. The molecule has 2 rings (SSSR count). The Morgan fingerprint density at radius 3 is 2.37 bits per heavy atom. The van der Waals surface area contributed by atoms with E-state index in [1.807, 2.05) is 31.2 Å². The van der Waals surface area contributed by atoms with Crippen LogP contribution in [-0.2, 0) is 20.1 Å². The lowest BCUT2D eigenvalue weighted by Gasteiger charge is -2.08. The average molecular weight is 395 g/mol. The van der Waals surface area contributed by atoms with Gasteiger partial charge in [0.25, 0.3) is 5.91 Å². The molecule has 0 saturated heterocycles. The SMILES string of the molecule is Cc1ccc(CSCC(=O)OCC(=O)Nc2ccc(OC(F)F)cc2)cc1. The van der Waals surface area contributed by atoms with Gasteiger partial charge in [0.15, 0.2) is 6.61 Å². The lowest BCUT2D eigenvalue weighted by Crippen LogP contribution is -2.21. The molecule has 0 fully saturated rings. The maximum atomic E-state index is 12.1. The third-order valence-electron chi connectivity index (χ3n) is 3.34. The molecule has 0 atom stereocenters. The molecule has 0 aliphatic heterocycles. The van der Waals surface area contributed by atoms with Crippen molar-refractivity contribution in [3.8, 4) is 5.75 Å². The number of aryl methyl sites for hydroxylation is 1. The summed E-state index contributed by atoms with van der Waals surface area (Å²) in [5.74, 6) is -0.201. The van der Waals surface area contributed by atoms with Gasteiger partial charge in [0.1, 0.15) is 5.75 Å². The molecule has 0 saturated carbocycles. The minimum Gasteiger partial charge on any atom is -0.455 e. The second-order valence-corrected chi connectivity index (χ2v) is 6.58. The summed E-state index contributed by atoms with van der Waals surface area (Å²) in [6, 6.07) is 13.4. The van der Waals surface area contributed by atoms with Gasteiger partial charge in [-0.1, -0.05) is 29.8 Å². The summed E-state index contributed by atoms with van der Waals surface area (Å²) >= 11 is 1.40. The number of carbonyl (C=O) groups is 2. The van der Waals surface area contributed by atoms with Crippen molar-refractivity contribution in [2.24, 2.45) is 0 Å². The summed E-state index contributed by atoms with van der Waals surface area (Å²) in [5.41, 5.74) is 2.66. The van der Waals surface area contributed by atoms with Gasteiger partial charge in [0.2, 0.25) is 0 Å². The summed E-state index contributed by atoms with van der Waals surface area (Å²) in [5, 5.41) is 2.50. The number of halogens is 2. The molecule has 5 nitrogen and oxygen atoms in total. The van der Waals surface area contributed by atoms with E-state index in [1.165, 1.54) is 41.6 Å². The van der Waals surface area contributed by atoms with E-state index >= 15 is 0 Å². The highest BCUT2D eigenvalue weighted by atomic mass is 32.2. The van der Waals surface area contributed by atoms with E-state index in [-0.39, 0.29) is 11.5 Å². The van der Waals surface area contributed by atoms with Crippen molar-refractivity contribution in [1.29, 1.82) is 0 Å². The van der Waals surface area contributed by atoms with E-state index in [0.717, 1.165) is 5.56 Å². The summed E-state index contributed by atoms with van der Waals surface area (Å²) in [4.78, 5) is 23.4. The first kappa shape index (κ1) is 20.7. The Morgan fingerprint density at radius 1 is 1.07 bits per heavy atom. The van der Waals surface area contributed by atoms with Gasteiger partial charge in [-0.2, -0.15) is 8.78 Å². The molecule has 0 unspecified atom stereocenters. The summed E-state index contributed by atoms with van der Waals surface area (Å²) in [6.07, 6.45) is 0. The topological polar surface area (TPSA) is 64.6 Å². The fourth-order valence-electron chi connectivity index (χ4n) is 2.04. The Bertz CT molecular complexity index is 751. The summed E-state index contributed by atoms with van der Waals surface area (Å²) in [7, 11) is 0. The van der Waals surface area contributed by atoms with Crippen molar-refractivity contribution < 1.29 is 27.8 Å². The molecular weight excluding hydrogens is 376 g/mol. The van der Waals surface area contributed by atoms with E-state index in [2.05, 4.69) is 10.1 Å². The molecule has 0 aromatic heterocycles. The highest BCUT2D eigenvalue weighted by molar-refractivity contribution is 7.99. The Kier molecular flexibility index (Phi) is 8.06. The van der Waals surface area contributed by atoms with Gasteiger partial charge in [-0.3, -0.25) is 9.59 Å². The van der Waals surface area contributed by atoms with Crippen LogP contribution in [0.2, 0.25) is 0 Å². The van der Waals surface area contributed by atoms with Gasteiger partial charge < -0.3 is 14.8 Å². The Labute approximate surface area is 160 Å². The van der Waals surface area contributed by atoms with Crippen LogP contribution < -0.4 is 10.1 Å². The van der Waals surface area contributed by atoms with Crippen LogP contribution in [0.15, 0.2) is 48.5 Å². The van der Waals surface area contributed by atoms with Crippen molar-refractivity contribution >= 4 is 29.3 Å². The number of hydrogen-bond acceptors (Lipinski definition) is 5. The number of esters is 1. The van der Waals surface area contributed by atoms with Crippen molar-refractivity contribution in [3.63, 3.8) is 0 Å². The molecule has 0 aliphatic rings. The van der Waals surface area contributed by atoms with E-state index in [1.54, 1.807) is 0 Å². The van der Waals surface area contributed by atoms with Gasteiger partial charge in [-0.15, -0.1) is 11.8 Å². The predicted octanol–water partition coefficient (Wildman–Crippen LogP) is 4.01. The van der Waals surface area contributed by atoms with Crippen molar-refractivity contribution in [2.45, 2.75) is 19.3 Å². The standard InChI is InChI=1S/C19H19F2NO4S/c1-13-2-4-14(5-3-13)11-27-12-18(24)25-10-17(23)22-15-6-8-16(9-7-15)26-19(20)21/h2-9,19H,10-12H2,1H3,(H,22,23). The van der Waals surface area contributed by atoms with Crippen LogP contribution >= 0.6 is 11.8 Å². The normalized spacial score (nSPS) is 10.5. The maximum absolute atomic E-state index is 12.1. The number of alkyl halides is 2. The lowest BCUT2D eigenvalue weighted by molar-refractivity contribution is -0.144. The van der Waals surface area contributed by atoms with Gasteiger partial charge in [0.05, 0.1) is 5.75 Å². The quantitative estimate of drug-likeness (QED) is 0.650. The first-order valence-corrected chi connectivity index (χ1v) is 9.21. The molecule has 0 aliphatic carbocycles. The molecule has 144 valence electrons. The van der Waals surface area contributed by atoms with Crippen LogP contribution in [0.1, 0.15) is 11.1 Å². The zero-order valence-corrected chi connectivity index (χ0v) is 15.4. The van der Waals surface area contributed by atoms with Crippen LogP contribution in [0.5, 0.6) is 5.75 Å². The van der Waals surface area contributed by atoms with Crippen LogP contribution in [-0.4, -0.2) is 30.8 Å². The number of carbonyl (C=O) groups excluding carboxylic acids is 2. The minimum absolute atomic E-state index is 0.0139. The van der Waals surface area contributed by atoms with E-state index < -0.39 is 25.1 Å². The average Bonchev–Trinajstić information content (AvgIpc) is 2.63. The minimum atomic E-state index is -2.91. The van der Waals surface area contributed by atoms with Gasteiger partial charge in [-0.25, -0.2) is 0 Å². The number of benzene rings is 2. The van der Waals surface area contributed by atoms with Crippen molar-refractivity contribution in [3.05, 3.63) is 59.7 Å². The van der Waals surface area contributed by atoms with Gasteiger partial charge in [0, 0.05) is 11.4 Å². The molecule has 2 aromatic carbocycles. The Morgan fingerprint density at radius 2 is 1.74 bits per heavy atom. The molecule has 0 radical (unpaired) electrons. The maximum Gasteiger partial charge on any atom is 0.387 e. The number of anilines is 1. The summed E-state index contributed by atoms with van der Waals surface area (Å²) < 4.78 is 33.3. The monoisotopic (exact) mass is 395 g/mol. The first-order chi connectivity index (χ1) is 12.9. The van der Waals surface area contributed by atoms with Crippen LogP contribution in [0.4, 0.5) is 14.5 Å². The zero-order valence-electron chi connectivity index (χ0n) is 14.6. The van der Waals surface area contributed by atoms with E-state index in [9.17, 15) is 18.4 Å². The Hall–Kier alpha value is -2.61. The molecule has 0 heterocycles. The molecular formula is C19H19F2NO4S. The molecule has 1 amide bonds. The fraction of sp³-hybridized carbons (Fsp3) is 0.263. The molecule has 2 aromatic rings. The third kappa shape index (κ3) is 8.08. The first-order valence-electron chi connectivity index (χ1n) is 8.06. The number of hydrogen-bond donors (Lipinski definition) is 1.